The molecule has 0 spiro atoms. The van der Waals surface area contributed by atoms with Crippen molar-refractivity contribution in [2.75, 3.05) is 0 Å². The third-order valence-electron chi connectivity index (χ3n) is 7.33. The predicted octanol–water partition coefficient (Wildman–Crippen LogP) is 4.61. The van der Waals surface area contributed by atoms with Crippen molar-refractivity contribution in [3.05, 3.63) is 70.5 Å². The van der Waals surface area contributed by atoms with Crippen LogP contribution in [0.4, 0.5) is 13.2 Å². The highest BCUT2D eigenvalue weighted by Crippen LogP contribution is 2.42. The van der Waals surface area contributed by atoms with Crippen LogP contribution in [-0.2, 0) is 24.3 Å². The molecule has 2 aromatic carbocycles. The number of fused-ring (bicyclic) bond motifs is 2. The summed E-state index contributed by atoms with van der Waals surface area (Å²) < 4.78 is 57.6. The maximum atomic E-state index is 14.5. The quantitative estimate of drug-likeness (QED) is 0.412. The molecule has 0 saturated carbocycles. The summed E-state index contributed by atoms with van der Waals surface area (Å²) in [6, 6.07) is 8.38. The maximum Gasteiger partial charge on any atom is 0.254 e. The summed E-state index contributed by atoms with van der Waals surface area (Å²) in [5.41, 5.74) is 7.30. The molecule has 0 radical (unpaired) electrons. The van der Waals surface area contributed by atoms with Crippen molar-refractivity contribution in [3.63, 3.8) is 0 Å². The van der Waals surface area contributed by atoms with E-state index in [2.05, 4.69) is 4.72 Å². The van der Waals surface area contributed by atoms with Crippen LogP contribution in [0.15, 0.2) is 36.4 Å². The molecule has 5 atom stereocenters. The molecule has 196 valence electrons. The Morgan fingerprint density at radius 2 is 1.75 bits per heavy atom. The Hall–Kier alpha value is -2.07. The van der Waals surface area contributed by atoms with Gasteiger partial charge in [-0.25, -0.2) is 13.2 Å². The first kappa shape index (κ1) is 27.0. The Bertz CT molecular complexity index is 1100. The van der Waals surface area contributed by atoms with Crippen molar-refractivity contribution in [3.8, 4) is 0 Å². The van der Waals surface area contributed by atoms with Gasteiger partial charge in [-0.3, -0.25) is 4.79 Å². The normalized spacial score (nSPS) is 23.6. The standard InChI is InChI=1S/C27H34F3N3O2S/c1-27(2,3)36(35)32-25(13-18-12-23(29)24(30)14-22(18)28)19-10-20-7-8-21(11-19)33(20)26(34)17-6-4-5-16(9-17)15-31/h4-6,9,12,14,19-21,25,32H,7-8,10-11,13,15,31H2,1-3H3/t19-,20-,21+,25-,36?/m1/s1. The van der Waals surface area contributed by atoms with Gasteiger partial charge in [-0.05, 0) is 88.1 Å². The molecule has 2 aliphatic heterocycles. The number of hydrogen-bond donors (Lipinski definition) is 2. The Kier molecular flexibility index (Phi) is 8.04. The topological polar surface area (TPSA) is 81.4 Å². The molecule has 9 heteroatoms. The SMILES string of the molecule is CC(C)(C)[S+]([O-])N[C@H](Cc1cc(F)c(F)cc1F)[C@@H]1C[C@H]2CC[C@@H](C1)N2C(=O)c1cccc(CN)c1. The van der Waals surface area contributed by atoms with Crippen LogP contribution in [0.25, 0.3) is 0 Å². The van der Waals surface area contributed by atoms with Crippen molar-refractivity contribution in [2.24, 2.45) is 11.7 Å². The third-order valence-corrected chi connectivity index (χ3v) is 8.96. The van der Waals surface area contributed by atoms with E-state index in [9.17, 15) is 22.5 Å². The number of nitrogens with zero attached hydrogens (tertiary/aromatic N) is 1. The summed E-state index contributed by atoms with van der Waals surface area (Å²) >= 11 is -1.44. The first-order valence-corrected chi connectivity index (χ1v) is 13.6. The van der Waals surface area contributed by atoms with E-state index in [1.165, 1.54) is 0 Å². The lowest BCUT2D eigenvalue weighted by Crippen LogP contribution is -2.54. The molecule has 2 heterocycles. The van der Waals surface area contributed by atoms with Gasteiger partial charge in [0.05, 0.1) is 6.04 Å². The molecular weight excluding hydrogens is 487 g/mol. The van der Waals surface area contributed by atoms with Gasteiger partial charge in [-0.2, -0.15) is 0 Å². The highest BCUT2D eigenvalue weighted by atomic mass is 32.2. The van der Waals surface area contributed by atoms with Crippen molar-refractivity contribution in [1.29, 1.82) is 0 Å². The minimum Gasteiger partial charge on any atom is -0.598 e. The molecule has 3 N–H and O–H groups in total. The molecule has 1 unspecified atom stereocenters. The van der Waals surface area contributed by atoms with E-state index < -0.39 is 39.6 Å². The summed E-state index contributed by atoms with van der Waals surface area (Å²) in [6.07, 6.45) is 3.10. The molecule has 0 aliphatic carbocycles. The Balaban J connectivity index is 1.56. The molecule has 2 bridgehead atoms. The average Bonchev–Trinajstić information content (AvgIpc) is 3.09. The molecule has 5 nitrogen and oxygen atoms in total. The van der Waals surface area contributed by atoms with Gasteiger partial charge in [0.25, 0.3) is 5.91 Å². The smallest absolute Gasteiger partial charge is 0.254 e. The highest BCUT2D eigenvalue weighted by molar-refractivity contribution is 7.90. The average molecular weight is 522 g/mol. The van der Waals surface area contributed by atoms with Gasteiger partial charge < -0.3 is 15.2 Å². The Morgan fingerprint density at radius 1 is 1.11 bits per heavy atom. The molecule has 2 fully saturated rings. The third kappa shape index (κ3) is 5.74. The number of benzene rings is 2. The predicted molar refractivity (Wildman–Crippen MR) is 135 cm³/mol. The lowest BCUT2D eigenvalue weighted by Gasteiger charge is -2.42. The van der Waals surface area contributed by atoms with Gasteiger partial charge in [-0.15, -0.1) is 4.72 Å². The van der Waals surface area contributed by atoms with Crippen LogP contribution in [0, 0.1) is 23.4 Å². The fraction of sp³-hybridized carbons (Fsp3) is 0.519. The van der Waals surface area contributed by atoms with E-state index in [0.29, 0.717) is 31.0 Å². The van der Waals surface area contributed by atoms with Gasteiger partial charge in [-0.1, -0.05) is 12.1 Å². The van der Waals surface area contributed by atoms with Crippen LogP contribution in [0.1, 0.15) is 67.9 Å². The van der Waals surface area contributed by atoms with E-state index in [1.807, 2.05) is 43.9 Å². The van der Waals surface area contributed by atoms with Crippen molar-refractivity contribution >= 4 is 17.3 Å². The molecular formula is C27H34F3N3O2S. The van der Waals surface area contributed by atoms with Gasteiger partial charge >= 0.3 is 0 Å². The molecule has 36 heavy (non-hydrogen) atoms. The van der Waals surface area contributed by atoms with Gasteiger partial charge in [0, 0.05) is 41.6 Å². The monoisotopic (exact) mass is 521 g/mol. The summed E-state index contributed by atoms with van der Waals surface area (Å²) in [6.45, 7) is 5.87. The number of amides is 1. The number of carbonyl (C=O) groups excluding carboxylic acids is 1. The Labute approximate surface area is 213 Å². The van der Waals surface area contributed by atoms with Crippen LogP contribution in [0.5, 0.6) is 0 Å². The molecule has 1 amide bonds. The van der Waals surface area contributed by atoms with Crippen LogP contribution >= 0.6 is 0 Å². The molecule has 0 aromatic heterocycles. The minimum absolute atomic E-state index is 0.00459. The largest absolute Gasteiger partial charge is 0.598 e. The number of nitrogens with two attached hydrogens (primary N) is 1. The number of halogens is 3. The second kappa shape index (κ2) is 10.7. The number of rotatable bonds is 7. The van der Waals surface area contributed by atoms with Crippen LogP contribution in [0.3, 0.4) is 0 Å². The van der Waals surface area contributed by atoms with E-state index in [4.69, 9.17) is 5.73 Å². The molecule has 2 aliphatic rings. The fourth-order valence-electron chi connectivity index (χ4n) is 5.44. The second-order valence-electron chi connectivity index (χ2n) is 10.9. The highest BCUT2D eigenvalue weighted by Gasteiger charge is 2.46. The van der Waals surface area contributed by atoms with E-state index in [0.717, 1.165) is 24.5 Å². The summed E-state index contributed by atoms with van der Waals surface area (Å²) in [5.74, 6) is -3.20. The van der Waals surface area contributed by atoms with Crippen LogP contribution in [0.2, 0.25) is 0 Å². The van der Waals surface area contributed by atoms with E-state index in [-0.39, 0.29) is 35.9 Å². The fourth-order valence-corrected chi connectivity index (χ4v) is 6.34. The van der Waals surface area contributed by atoms with Crippen LogP contribution in [-0.4, -0.2) is 38.2 Å². The number of carbonyl (C=O) groups is 1. The van der Waals surface area contributed by atoms with Gasteiger partial charge in [0.15, 0.2) is 11.6 Å². The minimum atomic E-state index is -1.44. The second-order valence-corrected chi connectivity index (χ2v) is 12.9. The zero-order valence-electron chi connectivity index (χ0n) is 20.9. The summed E-state index contributed by atoms with van der Waals surface area (Å²) in [4.78, 5) is 15.4. The van der Waals surface area contributed by atoms with Crippen LogP contribution < -0.4 is 10.5 Å². The maximum absolute atomic E-state index is 14.5. The van der Waals surface area contributed by atoms with Crippen molar-refractivity contribution in [2.45, 2.75) is 82.3 Å². The number of piperidine rings is 1. The van der Waals surface area contributed by atoms with E-state index in [1.54, 1.807) is 6.07 Å². The van der Waals surface area contributed by atoms with Crippen molar-refractivity contribution < 1.29 is 22.5 Å². The lowest BCUT2D eigenvalue weighted by atomic mass is 9.82. The first-order valence-electron chi connectivity index (χ1n) is 12.4. The molecule has 2 saturated heterocycles. The lowest BCUT2D eigenvalue weighted by molar-refractivity contribution is 0.0493. The molecule has 2 aromatic rings. The summed E-state index contributed by atoms with van der Waals surface area (Å²) in [7, 11) is 0. The number of hydrogen-bond acceptors (Lipinski definition) is 4. The van der Waals surface area contributed by atoms with Gasteiger partial charge in [0.1, 0.15) is 10.6 Å². The Morgan fingerprint density at radius 3 is 2.36 bits per heavy atom. The zero-order valence-corrected chi connectivity index (χ0v) is 21.7. The van der Waals surface area contributed by atoms with Crippen molar-refractivity contribution in [1.82, 2.24) is 9.62 Å². The van der Waals surface area contributed by atoms with E-state index >= 15 is 0 Å². The first-order chi connectivity index (χ1) is 17.0. The number of nitrogens with one attached hydrogen (secondary N) is 1. The van der Waals surface area contributed by atoms with Gasteiger partial charge in [0.2, 0.25) is 0 Å². The zero-order chi connectivity index (χ0) is 26.2. The molecule has 4 rings (SSSR count). The summed E-state index contributed by atoms with van der Waals surface area (Å²) in [5, 5.41) is 0.